The van der Waals surface area contributed by atoms with Crippen molar-refractivity contribution in [3.05, 3.63) is 0 Å². The molecule has 0 aromatic rings. The normalized spacial score (nSPS) is 29.3. The third kappa shape index (κ3) is 5.81. The van der Waals surface area contributed by atoms with Gasteiger partial charge >= 0.3 is 5.97 Å². The summed E-state index contributed by atoms with van der Waals surface area (Å²) in [6.45, 7) is -0.634. The Morgan fingerprint density at radius 2 is 1.89 bits per heavy atom. The van der Waals surface area contributed by atoms with Crippen LogP contribution in [0.4, 0.5) is 0 Å². The van der Waals surface area contributed by atoms with Crippen LogP contribution in [-0.2, 0) is 9.53 Å². The van der Waals surface area contributed by atoms with E-state index in [2.05, 4.69) is 4.74 Å². The van der Waals surface area contributed by atoms with Gasteiger partial charge in [0.1, 0.15) is 24.9 Å². The first-order chi connectivity index (χ1) is 8.70. The maximum absolute atomic E-state index is 9.92. The number of hydrogen-bond acceptors (Lipinski definition) is 7. The van der Waals surface area contributed by atoms with Gasteiger partial charge < -0.3 is 40.9 Å². The average molecular weight is 281 g/mol. The van der Waals surface area contributed by atoms with Gasteiger partial charge in [-0.25, -0.2) is 0 Å². The summed E-state index contributed by atoms with van der Waals surface area (Å²) in [5.41, 5.74) is 4.93. The average Bonchev–Trinajstić information content (AvgIpc) is 2.56. The molecule has 1 unspecified atom stereocenters. The molecule has 0 radical (unpaired) electrons. The molecule has 1 rings (SSSR count). The van der Waals surface area contributed by atoms with Crippen LogP contribution in [0.25, 0.3) is 0 Å². The van der Waals surface area contributed by atoms with Crippen molar-refractivity contribution in [2.75, 3.05) is 20.2 Å². The molecule has 0 spiro atoms. The van der Waals surface area contributed by atoms with Gasteiger partial charge in [0, 0.05) is 7.05 Å². The molecule has 0 bridgehead atoms. The van der Waals surface area contributed by atoms with E-state index in [1.807, 2.05) is 0 Å². The van der Waals surface area contributed by atoms with Crippen LogP contribution in [0.15, 0.2) is 0 Å². The highest BCUT2D eigenvalue weighted by Gasteiger charge is 2.41. The Bertz CT molecular complexity index is 314. The summed E-state index contributed by atoms with van der Waals surface area (Å²) >= 11 is 0. The monoisotopic (exact) mass is 281 g/mol. The molecule has 10 heteroatoms. The van der Waals surface area contributed by atoms with Crippen molar-refractivity contribution in [3.63, 3.8) is 0 Å². The van der Waals surface area contributed by atoms with Crippen molar-refractivity contribution in [3.8, 4) is 0 Å². The highest BCUT2D eigenvalue weighted by molar-refractivity contribution is 5.79. The largest absolute Gasteiger partial charge is 0.480 e. The molecule has 1 aliphatic heterocycles. The smallest absolute Gasteiger partial charge is 0.323 e. The Morgan fingerprint density at radius 3 is 2.05 bits per heavy atom. The second-order valence-electron chi connectivity index (χ2n) is 3.86. The van der Waals surface area contributed by atoms with Crippen LogP contribution < -0.4 is 5.73 Å². The molecule has 0 aromatic carbocycles. The number of carboxylic acid groups (broad SMARTS) is 1. The summed E-state index contributed by atoms with van der Waals surface area (Å²) in [5, 5.41) is 49.8. The first-order valence-electron chi connectivity index (χ1n) is 5.28. The number of ether oxygens (including phenoxy) is 1. The quantitative estimate of drug-likeness (QED) is 0.202. The molecule has 10 nitrogen and oxygen atoms in total. The molecular formula is C9H19N3O7. The van der Waals surface area contributed by atoms with Gasteiger partial charge in [0.15, 0.2) is 12.2 Å². The molecule has 0 saturated carbocycles. The molecule has 1 aliphatic rings. The van der Waals surface area contributed by atoms with Gasteiger partial charge in [0.2, 0.25) is 0 Å². The second-order valence-corrected chi connectivity index (χ2v) is 3.86. The highest BCUT2D eigenvalue weighted by atomic mass is 16.6. The summed E-state index contributed by atoms with van der Waals surface area (Å²) in [7, 11) is 1.44. The zero-order chi connectivity index (χ0) is 15.2. The fourth-order valence-electron chi connectivity index (χ4n) is 1.17. The Hall–Kier alpha value is -1.46. The van der Waals surface area contributed by atoms with E-state index in [1.54, 1.807) is 0 Å². The molecular weight excluding hydrogens is 262 g/mol. The molecule has 0 amide bonds. The van der Waals surface area contributed by atoms with Gasteiger partial charge in [-0.1, -0.05) is 0 Å². The molecule has 0 aromatic heterocycles. The Balaban J connectivity index is 0.000000344. The van der Waals surface area contributed by atoms with Crippen molar-refractivity contribution < 1.29 is 35.1 Å². The van der Waals surface area contributed by atoms with E-state index >= 15 is 0 Å². The molecule has 1 heterocycles. The van der Waals surface area contributed by atoms with Gasteiger partial charge in [-0.3, -0.25) is 10.2 Å². The Morgan fingerprint density at radius 1 is 1.37 bits per heavy atom. The van der Waals surface area contributed by atoms with Gasteiger partial charge in [-0.15, -0.1) is 0 Å². The number of carboxylic acids is 1. The summed E-state index contributed by atoms with van der Waals surface area (Å²) < 4.78 is 4.54. The molecule has 1 saturated heterocycles. The number of nitrogens with two attached hydrogens (primary N) is 1. The minimum absolute atomic E-state index is 0.227. The van der Waals surface area contributed by atoms with E-state index in [4.69, 9.17) is 36.7 Å². The van der Waals surface area contributed by atoms with Crippen molar-refractivity contribution in [2.45, 2.75) is 24.6 Å². The van der Waals surface area contributed by atoms with Crippen LogP contribution >= 0.6 is 0 Å². The number of aliphatic hydroxyl groups excluding tert-OH is 4. The molecule has 19 heavy (non-hydrogen) atoms. The summed E-state index contributed by atoms with van der Waals surface area (Å²) in [6.07, 6.45) is -4.76. The van der Waals surface area contributed by atoms with Crippen LogP contribution in [0, 0.1) is 5.41 Å². The van der Waals surface area contributed by atoms with Crippen molar-refractivity contribution in [1.82, 2.24) is 4.90 Å². The van der Waals surface area contributed by atoms with E-state index < -0.39 is 37.2 Å². The predicted octanol–water partition coefficient (Wildman–Crippen LogP) is -3.69. The topological polar surface area (TPSA) is 181 Å². The minimum atomic E-state index is -1.38. The Labute approximate surface area is 109 Å². The number of guanidine groups is 1. The minimum Gasteiger partial charge on any atom is -0.480 e. The standard InChI is InChI=1S/C5H10O5.C4H9N3O2/c6-1-2-3(7)4(8)5(9)10-2;1-7(4(5)6)2-3(8)9/h2-9H,1H2;2H2,1H3,(H3,5,6)(H,8,9)/t2-,3-,4-,5?;/m1./s1. The molecule has 112 valence electrons. The van der Waals surface area contributed by atoms with Crippen molar-refractivity contribution in [2.24, 2.45) is 5.73 Å². The van der Waals surface area contributed by atoms with E-state index in [1.165, 1.54) is 7.05 Å². The van der Waals surface area contributed by atoms with Gasteiger partial charge in [-0.05, 0) is 0 Å². The summed E-state index contributed by atoms with van der Waals surface area (Å²) in [5.74, 6) is -1.23. The van der Waals surface area contributed by atoms with Crippen LogP contribution in [-0.4, -0.2) is 87.2 Å². The number of likely N-dealkylation sites (N-methyl/N-ethyl adjacent to an activating group) is 1. The van der Waals surface area contributed by atoms with Gasteiger partial charge in [0.05, 0.1) is 6.61 Å². The second kappa shape index (κ2) is 7.86. The molecule has 0 aliphatic carbocycles. The zero-order valence-corrected chi connectivity index (χ0v) is 10.3. The third-order valence-electron chi connectivity index (χ3n) is 2.30. The maximum atomic E-state index is 9.92. The number of carbonyl (C=O) groups is 1. The van der Waals surface area contributed by atoms with Crippen LogP contribution in [0.2, 0.25) is 0 Å². The first-order valence-corrected chi connectivity index (χ1v) is 5.28. The predicted molar refractivity (Wildman–Crippen MR) is 62.2 cm³/mol. The van der Waals surface area contributed by atoms with Gasteiger partial charge in [0.25, 0.3) is 0 Å². The highest BCUT2D eigenvalue weighted by Crippen LogP contribution is 2.18. The number of nitrogens with zero attached hydrogens (tertiary/aromatic N) is 1. The lowest BCUT2D eigenvalue weighted by molar-refractivity contribution is -0.137. The Kier molecular flexibility index (Phi) is 7.26. The SMILES string of the molecule is CN(CC(=O)O)C(=N)N.OC[C@H]1OC(O)[C@H](O)[C@@H]1O. The van der Waals surface area contributed by atoms with Crippen LogP contribution in [0.3, 0.4) is 0 Å². The number of nitrogens with one attached hydrogen (secondary N) is 1. The molecule has 4 atom stereocenters. The number of aliphatic carboxylic acids is 1. The summed E-state index contributed by atoms with van der Waals surface area (Å²) in [4.78, 5) is 11.0. The van der Waals surface area contributed by atoms with E-state index in [0.717, 1.165) is 4.90 Å². The summed E-state index contributed by atoms with van der Waals surface area (Å²) in [6, 6.07) is 0. The maximum Gasteiger partial charge on any atom is 0.323 e. The van der Waals surface area contributed by atoms with Gasteiger partial charge in [-0.2, -0.15) is 0 Å². The number of hydrogen-bond donors (Lipinski definition) is 7. The fraction of sp³-hybridized carbons (Fsp3) is 0.778. The van der Waals surface area contributed by atoms with Crippen molar-refractivity contribution in [1.29, 1.82) is 5.41 Å². The van der Waals surface area contributed by atoms with E-state index in [0.29, 0.717) is 0 Å². The molecule has 1 fully saturated rings. The number of aliphatic hydroxyl groups is 4. The van der Waals surface area contributed by atoms with Crippen molar-refractivity contribution >= 4 is 11.9 Å². The lowest BCUT2D eigenvalue weighted by Crippen LogP contribution is -2.36. The van der Waals surface area contributed by atoms with E-state index in [-0.39, 0.29) is 12.5 Å². The fourth-order valence-corrected chi connectivity index (χ4v) is 1.17. The first kappa shape index (κ1) is 17.5. The van der Waals surface area contributed by atoms with E-state index in [9.17, 15) is 4.79 Å². The zero-order valence-electron chi connectivity index (χ0n) is 10.3. The number of rotatable bonds is 3. The van der Waals surface area contributed by atoms with Crippen LogP contribution in [0.1, 0.15) is 0 Å². The third-order valence-corrected chi connectivity index (χ3v) is 2.30. The van der Waals surface area contributed by atoms with Crippen LogP contribution in [0.5, 0.6) is 0 Å². The lowest BCUT2D eigenvalue weighted by Gasteiger charge is -2.12. The lowest BCUT2D eigenvalue weighted by atomic mass is 10.1. The molecule has 8 N–H and O–H groups in total.